The zero-order valence-corrected chi connectivity index (χ0v) is 14.1. The Kier molecular flexibility index (Phi) is 5.18. The van der Waals surface area contributed by atoms with E-state index in [1.165, 1.54) is 19.3 Å². The molecule has 23 heavy (non-hydrogen) atoms. The Morgan fingerprint density at radius 1 is 1.26 bits per heavy atom. The molecule has 0 bridgehead atoms. The van der Waals surface area contributed by atoms with Crippen molar-refractivity contribution in [3.8, 4) is 0 Å². The summed E-state index contributed by atoms with van der Waals surface area (Å²) in [4.78, 5) is 12.3. The van der Waals surface area contributed by atoms with Crippen LogP contribution < -0.4 is 5.32 Å². The van der Waals surface area contributed by atoms with Gasteiger partial charge in [-0.25, -0.2) is 0 Å². The Balaban J connectivity index is 1.68. The predicted molar refractivity (Wildman–Crippen MR) is 89.8 cm³/mol. The van der Waals surface area contributed by atoms with E-state index in [0.29, 0.717) is 23.2 Å². The van der Waals surface area contributed by atoms with Crippen molar-refractivity contribution in [3.05, 3.63) is 46.0 Å². The van der Waals surface area contributed by atoms with Gasteiger partial charge in [0.1, 0.15) is 6.33 Å². The molecule has 1 saturated carbocycles. The number of aromatic nitrogens is 3. The Hall–Kier alpha value is -1.59. The molecule has 1 amide bonds. The highest BCUT2D eigenvalue weighted by atomic mass is 35.5. The van der Waals surface area contributed by atoms with Crippen molar-refractivity contribution in [3.63, 3.8) is 0 Å². The van der Waals surface area contributed by atoms with Crippen molar-refractivity contribution in [2.75, 3.05) is 0 Å². The molecule has 2 aromatic rings. The van der Waals surface area contributed by atoms with Gasteiger partial charge in [0.2, 0.25) is 0 Å². The van der Waals surface area contributed by atoms with Crippen molar-refractivity contribution in [2.45, 2.75) is 44.7 Å². The molecule has 1 fully saturated rings. The van der Waals surface area contributed by atoms with Crippen LogP contribution in [0, 0.1) is 0 Å². The molecule has 7 heteroatoms. The van der Waals surface area contributed by atoms with Crippen LogP contribution in [0.2, 0.25) is 10.0 Å². The number of carbonyl (C=O) groups is 1. The van der Waals surface area contributed by atoms with E-state index < -0.39 is 0 Å². The van der Waals surface area contributed by atoms with E-state index >= 15 is 0 Å². The molecule has 3 rings (SSSR count). The quantitative estimate of drug-likeness (QED) is 0.903. The highest BCUT2D eigenvalue weighted by Gasteiger charge is 2.19. The fourth-order valence-electron chi connectivity index (χ4n) is 2.99. The van der Waals surface area contributed by atoms with Crippen LogP contribution in [0.25, 0.3) is 0 Å². The molecule has 1 aromatic heterocycles. The summed E-state index contributed by atoms with van der Waals surface area (Å²) in [6.07, 6.45) is 7.78. The largest absolute Gasteiger partial charge is 0.345 e. The number of hydrogen-bond acceptors (Lipinski definition) is 3. The summed E-state index contributed by atoms with van der Waals surface area (Å²) >= 11 is 12.0. The Morgan fingerprint density at radius 2 is 2.04 bits per heavy atom. The van der Waals surface area contributed by atoms with E-state index in [1.54, 1.807) is 24.5 Å². The first kappa shape index (κ1) is 16.3. The minimum Gasteiger partial charge on any atom is -0.345 e. The lowest BCUT2D eigenvalue weighted by molar-refractivity contribution is 0.0949. The predicted octanol–water partition coefficient (Wildman–Crippen LogP) is 4.02. The standard InChI is InChI=1S/C16H18Cl2N4O/c17-13-8-4-7-12(15(13)18)16(23)19-9-14-21-20-10-22(14)11-5-2-1-3-6-11/h4,7-8,10-11H,1-3,5-6,9H2,(H,19,23). The number of carbonyl (C=O) groups excluding carboxylic acids is 1. The smallest absolute Gasteiger partial charge is 0.253 e. The van der Waals surface area contributed by atoms with E-state index in [4.69, 9.17) is 23.2 Å². The molecule has 1 aliphatic carbocycles. The van der Waals surface area contributed by atoms with Crippen molar-refractivity contribution >= 4 is 29.1 Å². The van der Waals surface area contributed by atoms with Gasteiger partial charge in [-0.1, -0.05) is 48.5 Å². The fourth-order valence-corrected chi connectivity index (χ4v) is 3.38. The average molecular weight is 353 g/mol. The number of hydrogen-bond donors (Lipinski definition) is 1. The lowest BCUT2D eigenvalue weighted by Crippen LogP contribution is -2.26. The molecule has 122 valence electrons. The molecule has 1 N–H and O–H groups in total. The van der Waals surface area contributed by atoms with E-state index in [2.05, 4.69) is 20.1 Å². The maximum absolute atomic E-state index is 12.3. The minimum atomic E-state index is -0.268. The van der Waals surface area contributed by atoms with Crippen LogP contribution in [0.3, 0.4) is 0 Å². The number of rotatable bonds is 4. The van der Waals surface area contributed by atoms with Gasteiger partial charge in [0, 0.05) is 6.04 Å². The molecule has 0 radical (unpaired) electrons. The van der Waals surface area contributed by atoms with Crippen molar-refractivity contribution in [1.82, 2.24) is 20.1 Å². The third-order valence-corrected chi connectivity index (χ3v) is 5.04. The van der Waals surface area contributed by atoms with Crippen LogP contribution >= 0.6 is 23.2 Å². The first-order valence-corrected chi connectivity index (χ1v) is 8.53. The third-order valence-electron chi connectivity index (χ3n) is 4.22. The van der Waals surface area contributed by atoms with Gasteiger partial charge in [0.25, 0.3) is 5.91 Å². The first-order chi connectivity index (χ1) is 11.2. The highest BCUT2D eigenvalue weighted by molar-refractivity contribution is 6.43. The number of amides is 1. The summed E-state index contributed by atoms with van der Waals surface area (Å²) in [5.41, 5.74) is 0.364. The van der Waals surface area contributed by atoms with Gasteiger partial charge in [-0.05, 0) is 25.0 Å². The van der Waals surface area contributed by atoms with Gasteiger partial charge in [0.15, 0.2) is 5.82 Å². The van der Waals surface area contributed by atoms with Gasteiger partial charge in [-0.3, -0.25) is 4.79 Å². The highest BCUT2D eigenvalue weighted by Crippen LogP contribution is 2.28. The van der Waals surface area contributed by atoms with Gasteiger partial charge in [0.05, 0.1) is 22.2 Å². The van der Waals surface area contributed by atoms with Gasteiger partial charge >= 0.3 is 0 Å². The number of nitrogens with one attached hydrogen (secondary N) is 1. The number of benzene rings is 1. The van der Waals surface area contributed by atoms with E-state index in [9.17, 15) is 4.79 Å². The maximum atomic E-state index is 12.3. The molecule has 1 aromatic carbocycles. The summed E-state index contributed by atoms with van der Waals surface area (Å²) in [6.45, 7) is 0.318. The molecular weight excluding hydrogens is 335 g/mol. The van der Waals surface area contributed by atoms with E-state index in [0.717, 1.165) is 18.7 Å². The van der Waals surface area contributed by atoms with Crippen LogP contribution in [0.4, 0.5) is 0 Å². The Morgan fingerprint density at radius 3 is 2.83 bits per heavy atom. The molecule has 0 spiro atoms. The van der Waals surface area contributed by atoms with Crippen LogP contribution in [-0.4, -0.2) is 20.7 Å². The second kappa shape index (κ2) is 7.32. The molecule has 0 aliphatic heterocycles. The van der Waals surface area contributed by atoms with E-state index in [-0.39, 0.29) is 10.9 Å². The van der Waals surface area contributed by atoms with Gasteiger partial charge in [-0.2, -0.15) is 0 Å². The average Bonchev–Trinajstić information content (AvgIpc) is 3.04. The third kappa shape index (κ3) is 3.67. The first-order valence-electron chi connectivity index (χ1n) is 7.77. The molecule has 1 aliphatic rings. The maximum Gasteiger partial charge on any atom is 0.253 e. The zero-order chi connectivity index (χ0) is 16.2. The Bertz CT molecular complexity index is 695. The summed E-state index contributed by atoms with van der Waals surface area (Å²) in [5, 5.41) is 11.6. The van der Waals surface area contributed by atoms with Crippen molar-refractivity contribution in [2.24, 2.45) is 0 Å². The summed E-state index contributed by atoms with van der Waals surface area (Å²) in [7, 11) is 0. The topological polar surface area (TPSA) is 59.8 Å². The minimum absolute atomic E-state index is 0.264. The fraction of sp³-hybridized carbons (Fsp3) is 0.438. The zero-order valence-electron chi connectivity index (χ0n) is 12.6. The van der Waals surface area contributed by atoms with Crippen molar-refractivity contribution < 1.29 is 4.79 Å². The van der Waals surface area contributed by atoms with Crippen LogP contribution in [0.15, 0.2) is 24.5 Å². The molecule has 0 atom stereocenters. The van der Waals surface area contributed by atoms with Gasteiger partial charge in [-0.15, -0.1) is 10.2 Å². The SMILES string of the molecule is O=C(NCc1nncn1C1CCCCC1)c1cccc(Cl)c1Cl. The normalized spacial score (nSPS) is 15.6. The van der Waals surface area contributed by atoms with Gasteiger partial charge < -0.3 is 9.88 Å². The molecule has 1 heterocycles. The summed E-state index contributed by atoms with van der Waals surface area (Å²) in [6, 6.07) is 5.43. The Labute approximate surface area is 145 Å². The second-order valence-electron chi connectivity index (χ2n) is 5.73. The summed E-state index contributed by atoms with van der Waals surface area (Å²) in [5.74, 6) is 0.499. The summed E-state index contributed by atoms with van der Waals surface area (Å²) < 4.78 is 2.08. The second-order valence-corrected chi connectivity index (χ2v) is 6.52. The van der Waals surface area contributed by atoms with Crippen LogP contribution in [-0.2, 0) is 6.54 Å². The van der Waals surface area contributed by atoms with E-state index in [1.807, 2.05) is 0 Å². The molecule has 0 saturated heterocycles. The van der Waals surface area contributed by atoms with Crippen LogP contribution in [0.1, 0.15) is 54.3 Å². The molecular formula is C16H18Cl2N4O. The lowest BCUT2D eigenvalue weighted by Gasteiger charge is -2.24. The van der Waals surface area contributed by atoms with Crippen LogP contribution in [0.5, 0.6) is 0 Å². The number of nitrogens with zero attached hydrogens (tertiary/aromatic N) is 3. The van der Waals surface area contributed by atoms with Crippen molar-refractivity contribution in [1.29, 1.82) is 0 Å². The molecule has 0 unspecified atom stereocenters. The molecule has 5 nitrogen and oxygen atoms in total. The lowest BCUT2D eigenvalue weighted by atomic mass is 9.95. The monoisotopic (exact) mass is 352 g/mol. The number of halogens is 2.